The predicted octanol–water partition coefficient (Wildman–Crippen LogP) is 4.09. The van der Waals surface area contributed by atoms with Crippen molar-refractivity contribution in [2.75, 3.05) is 0 Å². The summed E-state index contributed by atoms with van der Waals surface area (Å²) in [5.74, 6) is -0.357. The lowest BCUT2D eigenvalue weighted by Crippen LogP contribution is -2.02. The van der Waals surface area contributed by atoms with Crippen LogP contribution in [0.5, 0.6) is 11.5 Å². The molecule has 0 aliphatic carbocycles. The smallest absolute Gasteiger partial charge is 0.173 e. The molecule has 0 fully saturated rings. The van der Waals surface area contributed by atoms with Crippen LogP contribution in [0, 0.1) is 12.7 Å². The molecule has 1 aromatic carbocycles. The van der Waals surface area contributed by atoms with Crippen LogP contribution >= 0.6 is 0 Å². The molecule has 1 aromatic heterocycles. The van der Waals surface area contributed by atoms with E-state index in [1.807, 2.05) is 13.8 Å². The van der Waals surface area contributed by atoms with Crippen LogP contribution in [0.25, 0.3) is 0 Å². The number of para-hydroxylation sites is 1. The number of ketones is 1. The maximum atomic E-state index is 13.9. The first-order valence-corrected chi connectivity index (χ1v) is 6.46. The fraction of sp³-hybridized carbons (Fsp3) is 0.250. The van der Waals surface area contributed by atoms with Gasteiger partial charge in [-0.25, -0.2) is 4.39 Å². The first kappa shape index (κ1) is 14.2. The molecule has 104 valence electrons. The normalized spacial score (nSPS) is 10.4. The van der Waals surface area contributed by atoms with E-state index in [-0.39, 0.29) is 17.1 Å². The minimum atomic E-state index is -0.555. The summed E-state index contributed by atoms with van der Waals surface area (Å²) in [7, 11) is 0. The van der Waals surface area contributed by atoms with Crippen LogP contribution in [0.1, 0.15) is 35.6 Å². The van der Waals surface area contributed by atoms with Gasteiger partial charge < -0.3 is 4.74 Å². The van der Waals surface area contributed by atoms with Gasteiger partial charge in [-0.05, 0) is 44.5 Å². The fourth-order valence-corrected chi connectivity index (χ4v) is 1.94. The average Bonchev–Trinajstić information content (AvgIpc) is 2.42. The summed E-state index contributed by atoms with van der Waals surface area (Å²) in [6, 6.07) is 7.86. The molecule has 0 N–H and O–H groups in total. The van der Waals surface area contributed by atoms with Gasteiger partial charge in [-0.1, -0.05) is 13.0 Å². The van der Waals surface area contributed by atoms with Crippen molar-refractivity contribution in [2.24, 2.45) is 0 Å². The number of carbonyl (C=O) groups excluding carboxylic acids is 1. The van der Waals surface area contributed by atoms with E-state index in [1.165, 1.54) is 19.1 Å². The van der Waals surface area contributed by atoms with E-state index < -0.39 is 5.82 Å². The predicted molar refractivity (Wildman–Crippen MR) is 74.8 cm³/mol. The standard InChI is InChI=1S/C16H16FNO2/c1-4-14-15(9-8-10(2)18-14)20-16-12(11(3)19)6-5-7-13(16)17/h5-9H,4H2,1-3H3. The van der Waals surface area contributed by atoms with Gasteiger partial charge in [0, 0.05) is 5.69 Å². The number of pyridine rings is 1. The Balaban J connectivity index is 2.47. The van der Waals surface area contributed by atoms with Crippen LogP contribution in [-0.2, 0) is 6.42 Å². The summed E-state index contributed by atoms with van der Waals surface area (Å²) >= 11 is 0. The van der Waals surface area contributed by atoms with Crippen molar-refractivity contribution in [3.63, 3.8) is 0 Å². The van der Waals surface area contributed by atoms with Gasteiger partial charge in [-0.15, -0.1) is 0 Å². The number of benzene rings is 1. The second-order valence-electron chi connectivity index (χ2n) is 4.53. The SMILES string of the molecule is CCc1nc(C)ccc1Oc1c(F)cccc1C(C)=O. The largest absolute Gasteiger partial charge is 0.452 e. The number of aromatic nitrogens is 1. The van der Waals surface area contributed by atoms with Crippen molar-refractivity contribution in [3.8, 4) is 11.5 Å². The first-order valence-electron chi connectivity index (χ1n) is 6.46. The highest BCUT2D eigenvalue weighted by Gasteiger charge is 2.16. The molecule has 4 heteroatoms. The molecule has 0 bridgehead atoms. The Morgan fingerprint density at radius 3 is 2.70 bits per heavy atom. The number of aryl methyl sites for hydroxylation is 2. The number of halogens is 1. The van der Waals surface area contributed by atoms with Gasteiger partial charge in [0.2, 0.25) is 0 Å². The Morgan fingerprint density at radius 1 is 1.30 bits per heavy atom. The molecule has 1 heterocycles. The van der Waals surface area contributed by atoms with Crippen LogP contribution in [0.4, 0.5) is 4.39 Å². The molecule has 0 amide bonds. The van der Waals surface area contributed by atoms with Crippen molar-refractivity contribution < 1.29 is 13.9 Å². The Morgan fingerprint density at radius 2 is 2.05 bits per heavy atom. The highest BCUT2D eigenvalue weighted by molar-refractivity contribution is 5.96. The zero-order valence-corrected chi connectivity index (χ0v) is 11.7. The summed E-state index contributed by atoms with van der Waals surface area (Å²) < 4.78 is 19.5. The van der Waals surface area contributed by atoms with E-state index in [1.54, 1.807) is 18.2 Å². The minimum Gasteiger partial charge on any atom is -0.452 e. The number of nitrogens with zero attached hydrogens (tertiary/aromatic N) is 1. The van der Waals surface area contributed by atoms with Gasteiger partial charge in [0.05, 0.1) is 11.3 Å². The summed E-state index contributed by atoms with van der Waals surface area (Å²) in [4.78, 5) is 15.9. The maximum Gasteiger partial charge on any atom is 0.173 e. The van der Waals surface area contributed by atoms with E-state index >= 15 is 0 Å². The first-order chi connectivity index (χ1) is 9.52. The summed E-state index contributed by atoms with van der Waals surface area (Å²) in [6.45, 7) is 5.21. The van der Waals surface area contributed by atoms with E-state index in [0.29, 0.717) is 12.2 Å². The lowest BCUT2D eigenvalue weighted by Gasteiger charge is -2.13. The summed E-state index contributed by atoms with van der Waals surface area (Å²) in [5, 5.41) is 0. The van der Waals surface area contributed by atoms with Crippen molar-refractivity contribution in [1.82, 2.24) is 4.98 Å². The molecule has 20 heavy (non-hydrogen) atoms. The molecular formula is C16H16FNO2. The zero-order chi connectivity index (χ0) is 14.7. The third-order valence-electron chi connectivity index (χ3n) is 2.96. The number of ether oxygens (including phenoxy) is 1. The monoisotopic (exact) mass is 273 g/mol. The lowest BCUT2D eigenvalue weighted by molar-refractivity contribution is 0.101. The highest BCUT2D eigenvalue weighted by Crippen LogP contribution is 2.30. The van der Waals surface area contributed by atoms with Crippen LogP contribution in [0.2, 0.25) is 0 Å². The second-order valence-corrected chi connectivity index (χ2v) is 4.53. The van der Waals surface area contributed by atoms with E-state index in [0.717, 1.165) is 11.4 Å². The lowest BCUT2D eigenvalue weighted by atomic mass is 10.1. The molecule has 0 aliphatic rings. The van der Waals surface area contributed by atoms with Crippen molar-refractivity contribution >= 4 is 5.78 Å². The van der Waals surface area contributed by atoms with Gasteiger partial charge in [-0.2, -0.15) is 0 Å². The number of hydrogen-bond donors (Lipinski definition) is 0. The number of carbonyl (C=O) groups is 1. The van der Waals surface area contributed by atoms with E-state index in [4.69, 9.17) is 4.74 Å². The van der Waals surface area contributed by atoms with Gasteiger partial charge in [0.1, 0.15) is 5.75 Å². The molecule has 0 aliphatic heterocycles. The third-order valence-corrected chi connectivity index (χ3v) is 2.96. The topological polar surface area (TPSA) is 39.2 Å². The average molecular weight is 273 g/mol. The quantitative estimate of drug-likeness (QED) is 0.788. The number of rotatable bonds is 4. The number of Topliss-reactive ketones (excluding diaryl/α,β-unsaturated/α-hetero) is 1. The Hall–Kier alpha value is -2.23. The Labute approximate surface area is 117 Å². The Bertz CT molecular complexity index is 653. The number of hydrogen-bond acceptors (Lipinski definition) is 3. The second kappa shape index (κ2) is 5.82. The maximum absolute atomic E-state index is 13.9. The molecule has 2 aromatic rings. The highest BCUT2D eigenvalue weighted by atomic mass is 19.1. The van der Waals surface area contributed by atoms with Gasteiger partial charge in [0.25, 0.3) is 0 Å². The molecule has 3 nitrogen and oxygen atoms in total. The van der Waals surface area contributed by atoms with E-state index in [2.05, 4.69) is 4.98 Å². The molecule has 0 saturated heterocycles. The van der Waals surface area contributed by atoms with Crippen LogP contribution in [0.15, 0.2) is 30.3 Å². The Kier molecular flexibility index (Phi) is 4.13. The van der Waals surface area contributed by atoms with Crippen LogP contribution in [0.3, 0.4) is 0 Å². The molecular weight excluding hydrogens is 257 g/mol. The van der Waals surface area contributed by atoms with E-state index in [9.17, 15) is 9.18 Å². The molecule has 0 unspecified atom stereocenters. The van der Waals surface area contributed by atoms with Gasteiger partial charge in [0.15, 0.2) is 17.3 Å². The van der Waals surface area contributed by atoms with Crippen molar-refractivity contribution in [1.29, 1.82) is 0 Å². The molecule has 0 saturated carbocycles. The molecule has 0 spiro atoms. The molecule has 0 radical (unpaired) electrons. The molecule has 0 atom stereocenters. The summed E-state index contributed by atoms with van der Waals surface area (Å²) in [6.07, 6.45) is 0.668. The van der Waals surface area contributed by atoms with Crippen molar-refractivity contribution in [3.05, 3.63) is 53.1 Å². The van der Waals surface area contributed by atoms with Crippen LogP contribution in [-0.4, -0.2) is 10.8 Å². The third kappa shape index (κ3) is 2.85. The minimum absolute atomic E-state index is 0.0413. The summed E-state index contributed by atoms with van der Waals surface area (Å²) in [5.41, 5.74) is 1.84. The van der Waals surface area contributed by atoms with Crippen molar-refractivity contribution in [2.45, 2.75) is 27.2 Å². The van der Waals surface area contributed by atoms with Gasteiger partial charge >= 0.3 is 0 Å². The zero-order valence-electron chi connectivity index (χ0n) is 11.7. The molecule has 2 rings (SSSR count). The fourth-order valence-electron chi connectivity index (χ4n) is 1.94. The van der Waals surface area contributed by atoms with Gasteiger partial charge in [-0.3, -0.25) is 9.78 Å². The van der Waals surface area contributed by atoms with Crippen LogP contribution < -0.4 is 4.74 Å².